The van der Waals surface area contributed by atoms with Crippen LogP contribution in [-0.4, -0.2) is 11.1 Å². The second-order valence-corrected chi connectivity index (χ2v) is 6.77. The van der Waals surface area contributed by atoms with Crippen molar-refractivity contribution in [1.82, 2.24) is 0 Å². The monoisotopic (exact) mass is 345 g/mol. The highest BCUT2D eigenvalue weighted by Gasteiger charge is 2.27. The molecular formula is C18H16ClNO2S. The quantitative estimate of drug-likeness (QED) is 0.386. The number of fused-ring (bicyclic) bond motifs is 2. The summed E-state index contributed by atoms with van der Waals surface area (Å²) in [5, 5.41) is -0.572. The van der Waals surface area contributed by atoms with E-state index in [1.54, 1.807) is 17.8 Å². The zero-order chi connectivity index (χ0) is 16.4. The van der Waals surface area contributed by atoms with Gasteiger partial charge in [0.15, 0.2) is 5.78 Å². The highest BCUT2D eigenvalue weighted by Crippen LogP contribution is 2.48. The second kappa shape index (κ2) is 6.77. The third kappa shape index (κ3) is 3.14. The summed E-state index contributed by atoms with van der Waals surface area (Å²) in [7, 11) is 0. The summed E-state index contributed by atoms with van der Waals surface area (Å²) in [6.07, 6.45) is 2.37. The van der Waals surface area contributed by atoms with Crippen LogP contribution < -0.4 is 4.90 Å². The van der Waals surface area contributed by atoms with Crippen molar-refractivity contribution in [3.63, 3.8) is 0 Å². The number of carbonyl (C=O) groups is 2. The zero-order valence-electron chi connectivity index (χ0n) is 12.7. The molecule has 118 valence electrons. The SMILES string of the molecule is CCCCC(=O)c1ccc2c(c1)N(C(=O)Cl)c1ccccc1S2. The Morgan fingerprint density at radius 1 is 1.09 bits per heavy atom. The van der Waals surface area contributed by atoms with Gasteiger partial charge in [0.1, 0.15) is 0 Å². The lowest BCUT2D eigenvalue weighted by molar-refractivity contribution is 0.0979. The normalized spacial score (nSPS) is 12.5. The molecule has 0 saturated heterocycles. The number of amides is 1. The Morgan fingerprint density at radius 2 is 1.83 bits per heavy atom. The third-order valence-corrected chi connectivity index (χ3v) is 5.08. The van der Waals surface area contributed by atoms with Gasteiger partial charge in [-0.25, -0.2) is 0 Å². The fraction of sp³-hybridized carbons (Fsp3) is 0.222. The Bertz CT molecular complexity index is 775. The van der Waals surface area contributed by atoms with Crippen molar-refractivity contribution in [3.05, 3.63) is 48.0 Å². The highest BCUT2D eigenvalue weighted by molar-refractivity contribution is 7.99. The number of anilines is 2. The van der Waals surface area contributed by atoms with Gasteiger partial charge < -0.3 is 0 Å². The molecule has 2 aromatic carbocycles. The number of benzene rings is 2. The molecule has 0 saturated carbocycles. The minimum atomic E-state index is -0.572. The smallest absolute Gasteiger partial charge is 0.294 e. The molecule has 0 fully saturated rings. The number of hydrogen-bond acceptors (Lipinski definition) is 3. The largest absolute Gasteiger partial charge is 0.325 e. The van der Waals surface area contributed by atoms with E-state index in [2.05, 4.69) is 6.92 Å². The molecular weight excluding hydrogens is 330 g/mol. The van der Waals surface area contributed by atoms with Gasteiger partial charge in [0.2, 0.25) is 0 Å². The van der Waals surface area contributed by atoms with Gasteiger partial charge in [0.05, 0.1) is 11.4 Å². The van der Waals surface area contributed by atoms with Crippen LogP contribution in [-0.2, 0) is 0 Å². The van der Waals surface area contributed by atoms with Crippen LogP contribution in [0, 0.1) is 0 Å². The molecule has 1 heterocycles. The van der Waals surface area contributed by atoms with Crippen molar-refractivity contribution < 1.29 is 9.59 Å². The molecule has 0 aromatic heterocycles. The number of halogens is 1. The first-order valence-electron chi connectivity index (χ1n) is 7.55. The standard InChI is InChI=1S/C18H16ClNO2S/c1-2-3-7-15(21)12-9-10-17-14(11-12)20(18(19)22)13-6-4-5-8-16(13)23-17/h4-6,8-11H,2-3,7H2,1H3. The summed E-state index contributed by atoms with van der Waals surface area (Å²) in [6.45, 7) is 2.06. The maximum atomic E-state index is 12.3. The van der Waals surface area contributed by atoms with Crippen molar-refractivity contribution >= 4 is 45.9 Å². The summed E-state index contributed by atoms with van der Waals surface area (Å²) >= 11 is 7.40. The summed E-state index contributed by atoms with van der Waals surface area (Å²) in [5.74, 6) is 0.0977. The fourth-order valence-electron chi connectivity index (χ4n) is 2.60. The molecule has 0 spiro atoms. The number of nitrogens with zero attached hydrogens (tertiary/aromatic N) is 1. The number of carbonyl (C=O) groups excluding carboxylic acids is 2. The molecule has 1 aliphatic heterocycles. The van der Waals surface area contributed by atoms with E-state index in [4.69, 9.17) is 11.6 Å². The zero-order valence-corrected chi connectivity index (χ0v) is 14.3. The summed E-state index contributed by atoms with van der Waals surface area (Å²) in [5.41, 5.74) is 2.05. The number of Topliss-reactive ketones (excluding diaryl/α,β-unsaturated/α-hetero) is 1. The van der Waals surface area contributed by atoms with E-state index < -0.39 is 5.37 Å². The Balaban J connectivity index is 2.03. The van der Waals surface area contributed by atoms with Gasteiger partial charge in [-0.05, 0) is 42.3 Å². The number of unbranched alkanes of at least 4 members (excludes halogenated alkanes) is 1. The van der Waals surface area contributed by atoms with Crippen LogP contribution in [0.15, 0.2) is 52.3 Å². The maximum absolute atomic E-state index is 12.3. The molecule has 0 radical (unpaired) electrons. The molecule has 1 amide bonds. The molecule has 0 N–H and O–H groups in total. The first kappa shape index (κ1) is 16.1. The van der Waals surface area contributed by atoms with E-state index in [0.717, 1.165) is 28.3 Å². The van der Waals surface area contributed by atoms with Gasteiger partial charge in [-0.1, -0.05) is 43.3 Å². The van der Waals surface area contributed by atoms with Crippen LogP contribution in [0.3, 0.4) is 0 Å². The van der Waals surface area contributed by atoms with Crippen LogP contribution in [0.5, 0.6) is 0 Å². The first-order chi connectivity index (χ1) is 11.1. The number of para-hydroxylation sites is 1. The van der Waals surface area contributed by atoms with E-state index in [1.165, 1.54) is 4.90 Å². The number of ketones is 1. The lowest BCUT2D eigenvalue weighted by Crippen LogP contribution is -2.23. The number of hydrogen-bond donors (Lipinski definition) is 0. The Labute approximate surface area is 144 Å². The Kier molecular flexibility index (Phi) is 4.74. The van der Waals surface area contributed by atoms with Crippen LogP contribution in [0.25, 0.3) is 0 Å². The van der Waals surface area contributed by atoms with Gasteiger partial charge in [0.25, 0.3) is 0 Å². The predicted octanol–water partition coefficient (Wildman–Crippen LogP) is 6.02. The highest BCUT2D eigenvalue weighted by atomic mass is 35.5. The van der Waals surface area contributed by atoms with Gasteiger partial charge >= 0.3 is 5.37 Å². The molecule has 1 aliphatic rings. The Hall–Kier alpha value is -1.78. The fourth-order valence-corrected chi connectivity index (χ4v) is 3.82. The van der Waals surface area contributed by atoms with Crippen molar-refractivity contribution in [3.8, 4) is 0 Å². The summed E-state index contributed by atoms with van der Waals surface area (Å²) in [4.78, 5) is 27.6. The minimum absolute atomic E-state index is 0.0977. The van der Waals surface area contributed by atoms with Crippen LogP contribution in [0.2, 0.25) is 0 Å². The van der Waals surface area contributed by atoms with E-state index in [-0.39, 0.29) is 5.78 Å². The van der Waals surface area contributed by atoms with Gasteiger partial charge in [-0.15, -0.1) is 0 Å². The predicted molar refractivity (Wildman–Crippen MR) is 94.3 cm³/mol. The van der Waals surface area contributed by atoms with Crippen molar-refractivity contribution in [2.24, 2.45) is 0 Å². The molecule has 3 rings (SSSR count). The summed E-state index contributed by atoms with van der Waals surface area (Å²) < 4.78 is 0. The molecule has 23 heavy (non-hydrogen) atoms. The molecule has 2 aromatic rings. The number of rotatable bonds is 4. The van der Waals surface area contributed by atoms with Gasteiger partial charge in [-0.2, -0.15) is 0 Å². The molecule has 0 aliphatic carbocycles. The Morgan fingerprint density at radius 3 is 2.57 bits per heavy atom. The third-order valence-electron chi connectivity index (χ3n) is 3.78. The van der Waals surface area contributed by atoms with E-state index in [1.807, 2.05) is 36.4 Å². The van der Waals surface area contributed by atoms with Crippen LogP contribution in [0.4, 0.5) is 16.2 Å². The topological polar surface area (TPSA) is 37.4 Å². The van der Waals surface area contributed by atoms with Crippen molar-refractivity contribution in [2.75, 3.05) is 4.90 Å². The maximum Gasteiger partial charge on any atom is 0.325 e. The molecule has 5 heteroatoms. The lowest BCUT2D eigenvalue weighted by Gasteiger charge is -2.29. The molecule has 0 unspecified atom stereocenters. The van der Waals surface area contributed by atoms with Gasteiger partial charge in [0, 0.05) is 21.8 Å². The lowest BCUT2D eigenvalue weighted by atomic mass is 10.0. The van der Waals surface area contributed by atoms with Crippen LogP contribution >= 0.6 is 23.4 Å². The molecule has 0 atom stereocenters. The van der Waals surface area contributed by atoms with Crippen LogP contribution in [0.1, 0.15) is 36.5 Å². The molecule has 3 nitrogen and oxygen atoms in total. The first-order valence-corrected chi connectivity index (χ1v) is 8.75. The minimum Gasteiger partial charge on any atom is -0.294 e. The van der Waals surface area contributed by atoms with E-state index in [9.17, 15) is 9.59 Å². The van der Waals surface area contributed by atoms with Crippen molar-refractivity contribution in [2.45, 2.75) is 36.0 Å². The average molecular weight is 346 g/mol. The van der Waals surface area contributed by atoms with E-state index in [0.29, 0.717) is 17.7 Å². The average Bonchev–Trinajstić information content (AvgIpc) is 2.56. The summed E-state index contributed by atoms with van der Waals surface area (Å²) in [6, 6.07) is 13.1. The van der Waals surface area contributed by atoms with Gasteiger partial charge in [-0.3, -0.25) is 14.5 Å². The second-order valence-electron chi connectivity index (χ2n) is 5.37. The van der Waals surface area contributed by atoms with Crippen molar-refractivity contribution in [1.29, 1.82) is 0 Å². The molecule has 0 bridgehead atoms. The van der Waals surface area contributed by atoms with E-state index >= 15 is 0 Å².